The zero-order valence-corrected chi connectivity index (χ0v) is 39.2. The monoisotopic (exact) mass is 965 g/mol. The number of esters is 2. The zero-order valence-electron chi connectivity index (χ0n) is 37.0. The molecule has 0 amide bonds. The predicted molar refractivity (Wildman–Crippen MR) is 253 cm³/mol. The smallest absolute Gasteiger partial charge is 0.357 e. The van der Waals surface area contributed by atoms with E-state index in [2.05, 4.69) is 106 Å². The molecule has 0 spiro atoms. The number of pyridine rings is 1. The van der Waals surface area contributed by atoms with Crippen molar-refractivity contribution >= 4 is 34.5 Å². The Labute approximate surface area is 386 Å². The Morgan fingerprint density at radius 1 is 0.476 bits per heavy atom. The second kappa shape index (κ2) is 22.9. The lowest BCUT2D eigenvalue weighted by Gasteiger charge is -2.28. The first-order chi connectivity index (χ1) is 30.8. The summed E-state index contributed by atoms with van der Waals surface area (Å²) < 4.78 is 37.5. The number of carbonyl (C=O) groups is 2. The molecular weight excluding hydrogens is 905 g/mol. The molecule has 4 aromatic carbocycles. The minimum atomic E-state index is -0.621. The van der Waals surface area contributed by atoms with Crippen molar-refractivity contribution in [3.05, 3.63) is 168 Å². The van der Waals surface area contributed by atoms with Gasteiger partial charge in [0.1, 0.15) is 24.6 Å². The lowest BCUT2D eigenvalue weighted by molar-refractivity contribution is 0.0456. The van der Waals surface area contributed by atoms with E-state index in [1.165, 1.54) is 22.3 Å². The minimum Gasteiger partial charge on any atom is -0.456 e. The van der Waals surface area contributed by atoms with Crippen molar-refractivity contribution in [1.29, 1.82) is 0 Å². The van der Waals surface area contributed by atoms with Gasteiger partial charge >= 0.3 is 11.9 Å². The Kier molecular flexibility index (Phi) is 16.9. The van der Waals surface area contributed by atoms with E-state index in [9.17, 15) is 9.59 Å². The van der Waals surface area contributed by atoms with Gasteiger partial charge in [0.15, 0.2) is 0 Å². The van der Waals surface area contributed by atoms with Crippen molar-refractivity contribution in [3.63, 3.8) is 0 Å². The molecule has 9 nitrogen and oxygen atoms in total. The summed E-state index contributed by atoms with van der Waals surface area (Å²) in [4.78, 5) is 31.8. The molecule has 1 aliphatic carbocycles. The quantitative estimate of drug-likeness (QED) is 0.0543. The minimum absolute atomic E-state index is 0.0134. The summed E-state index contributed by atoms with van der Waals surface area (Å²) in [5.41, 5.74) is 11.0. The van der Waals surface area contributed by atoms with Crippen LogP contribution >= 0.6 is 22.6 Å². The molecule has 0 saturated heterocycles. The first-order valence-electron chi connectivity index (χ1n) is 22.6. The van der Waals surface area contributed by atoms with Gasteiger partial charge in [-0.2, -0.15) is 0 Å². The summed E-state index contributed by atoms with van der Waals surface area (Å²) in [5, 5.41) is 0. The lowest BCUT2D eigenvalue weighted by atomic mass is 9.78. The molecule has 5 aromatic rings. The highest BCUT2D eigenvalue weighted by molar-refractivity contribution is 14.1. The number of ether oxygens (including phenoxy) is 6. The lowest BCUT2D eigenvalue weighted by Crippen LogP contribution is -2.16. The SMILES string of the molecule is CCOCCC1c2cccc(c2)C(CCOCC)c2cc3cc(c2)C(CCOCC)c2cc(I)cc(c2)C(CCOCC)c2cc(cc1c2)COC(=O)c1cccc(n1)C(=O)OC3. The van der Waals surface area contributed by atoms with Crippen LogP contribution in [0.25, 0.3) is 0 Å². The van der Waals surface area contributed by atoms with Gasteiger partial charge in [-0.05, 0) is 156 Å². The molecule has 1 aromatic heterocycles. The maximum atomic E-state index is 13.7. The molecule has 332 valence electrons. The third kappa shape index (κ3) is 12.0. The number of rotatable bonds is 16. The molecule has 12 bridgehead atoms. The summed E-state index contributed by atoms with van der Waals surface area (Å²) in [6.45, 7) is 13.0. The van der Waals surface area contributed by atoms with Gasteiger partial charge in [-0.15, -0.1) is 0 Å². The largest absolute Gasteiger partial charge is 0.456 e. The highest BCUT2D eigenvalue weighted by Crippen LogP contribution is 2.41. The summed E-state index contributed by atoms with van der Waals surface area (Å²) in [6, 6.07) is 34.1. The number of hydrogen-bond acceptors (Lipinski definition) is 9. The number of aromatic nitrogens is 1. The predicted octanol–water partition coefficient (Wildman–Crippen LogP) is 11.3. The first kappa shape index (κ1) is 46.5. The van der Waals surface area contributed by atoms with E-state index >= 15 is 0 Å². The Morgan fingerprint density at radius 3 is 1.16 bits per heavy atom. The number of halogens is 1. The molecule has 4 atom stereocenters. The van der Waals surface area contributed by atoms with Crippen molar-refractivity contribution in [3.8, 4) is 0 Å². The van der Waals surface area contributed by atoms with Crippen LogP contribution in [0.2, 0.25) is 0 Å². The average Bonchev–Trinajstić information content (AvgIpc) is 3.29. The van der Waals surface area contributed by atoms with Gasteiger partial charge in [0.05, 0.1) is 0 Å². The fraction of sp³-hybridized carbons (Fsp3) is 0.415. The Morgan fingerprint density at radius 2 is 0.794 bits per heavy atom. The molecule has 0 fully saturated rings. The third-order valence-electron chi connectivity index (χ3n) is 12.1. The number of nitrogens with zero attached hydrogens (tertiary/aromatic N) is 1. The van der Waals surface area contributed by atoms with Crippen molar-refractivity contribution in [2.24, 2.45) is 0 Å². The fourth-order valence-corrected chi connectivity index (χ4v) is 9.81. The fourth-order valence-electron chi connectivity index (χ4n) is 9.09. The van der Waals surface area contributed by atoms with E-state index in [1.54, 1.807) is 18.2 Å². The Bertz CT molecular complexity index is 2180. The van der Waals surface area contributed by atoms with Crippen LogP contribution in [0.15, 0.2) is 97.1 Å². The van der Waals surface area contributed by atoms with Crippen LogP contribution in [0.1, 0.15) is 154 Å². The van der Waals surface area contributed by atoms with Crippen LogP contribution in [0, 0.1) is 3.57 Å². The van der Waals surface area contributed by atoms with Crippen LogP contribution in [-0.4, -0.2) is 69.8 Å². The van der Waals surface area contributed by atoms with Gasteiger partial charge in [-0.3, -0.25) is 0 Å². The molecule has 8 rings (SSSR count). The molecule has 0 N–H and O–H groups in total. The van der Waals surface area contributed by atoms with E-state index in [-0.39, 0.29) is 48.3 Å². The van der Waals surface area contributed by atoms with Gasteiger partial charge in [0.2, 0.25) is 0 Å². The first-order valence-corrected chi connectivity index (χ1v) is 23.7. The second-order valence-corrected chi connectivity index (χ2v) is 17.5. The van der Waals surface area contributed by atoms with Gasteiger partial charge in [-0.1, -0.05) is 72.8 Å². The van der Waals surface area contributed by atoms with Gasteiger partial charge in [0, 0.05) is 80.1 Å². The second-order valence-electron chi connectivity index (χ2n) is 16.2. The molecule has 0 saturated carbocycles. The maximum absolute atomic E-state index is 13.7. The third-order valence-corrected chi connectivity index (χ3v) is 12.7. The Balaban J connectivity index is 1.55. The van der Waals surface area contributed by atoms with Crippen LogP contribution in [0.4, 0.5) is 0 Å². The highest BCUT2D eigenvalue weighted by atomic mass is 127. The van der Waals surface area contributed by atoms with Gasteiger partial charge < -0.3 is 28.4 Å². The van der Waals surface area contributed by atoms with Crippen molar-refractivity contribution < 1.29 is 38.0 Å². The number of carbonyl (C=O) groups excluding carboxylic acids is 2. The summed E-state index contributed by atoms with van der Waals surface area (Å²) in [6.07, 6.45) is 3.01. The molecule has 3 aliphatic rings. The molecule has 10 heteroatoms. The van der Waals surface area contributed by atoms with Gasteiger partial charge in [0.25, 0.3) is 0 Å². The Hall–Kier alpha value is -4.46. The summed E-state index contributed by atoms with van der Waals surface area (Å²) >= 11 is 2.46. The van der Waals surface area contributed by atoms with Crippen LogP contribution in [-0.2, 0) is 41.6 Å². The summed E-state index contributed by atoms with van der Waals surface area (Å²) in [7, 11) is 0. The zero-order chi connectivity index (χ0) is 44.1. The topological polar surface area (TPSA) is 102 Å². The molecule has 0 radical (unpaired) electrons. The number of fused-ring (bicyclic) bond motifs is 4. The van der Waals surface area contributed by atoms with E-state index in [1.807, 2.05) is 27.7 Å². The maximum Gasteiger partial charge on any atom is 0.357 e. The normalized spacial score (nSPS) is 18.5. The molecule has 4 unspecified atom stereocenters. The molecule has 2 aliphatic heterocycles. The molecular formula is C53H60INO8. The van der Waals surface area contributed by atoms with Crippen molar-refractivity contribution in [1.82, 2.24) is 4.98 Å². The van der Waals surface area contributed by atoms with E-state index in [0.29, 0.717) is 52.9 Å². The van der Waals surface area contributed by atoms with E-state index < -0.39 is 11.9 Å². The number of hydrogen-bond donors (Lipinski definition) is 0. The van der Waals surface area contributed by atoms with Crippen LogP contribution in [0.3, 0.4) is 0 Å². The van der Waals surface area contributed by atoms with Gasteiger partial charge in [-0.25, -0.2) is 14.6 Å². The number of benzene rings is 4. The van der Waals surface area contributed by atoms with E-state index in [4.69, 9.17) is 28.4 Å². The average molecular weight is 966 g/mol. The standard InChI is InChI=1S/C53H60INO8/c1-5-58-19-15-46-37-11-9-12-38(27-37)47(16-20-59-6-2)40-24-36-26-42(29-40)49(18-22-61-8-4)44-30-43(31-45(54)32-44)48(17-21-60-7-3)41-25-35(23-39(46)28-41)33-62-52(56)50-13-10-14-51(55-50)53(57)63-34-36/h9-14,23-32,46-49H,5-8,15-22,33-34H2,1-4H3. The van der Waals surface area contributed by atoms with Crippen LogP contribution < -0.4 is 0 Å². The highest BCUT2D eigenvalue weighted by Gasteiger charge is 2.27. The molecule has 3 heterocycles. The van der Waals surface area contributed by atoms with Crippen molar-refractivity contribution in [2.75, 3.05) is 52.9 Å². The van der Waals surface area contributed by atoms with E-state index in [0.717, 1.165) is 62.6 Å². The van der Waals surface area contributed by atoms with Crippen LogP contribution in [0.5, 0.6) is 0 Å². The summed E-state index contributed by atoms with van der Waals surface area (Å²) in [5.74, 6) is -1.37. The van der Waals surface area contributed by atoms with Crippen molar-refractivity contribution in [2.45, 2.75) is 90.3 Å². The molecule has 63 heavy (non-hydrogen) atoms.